The molecule has 1 aliphatic carbocycles. The molecule has 0 aromatic heterocycles. The molecule has 0 radical (unpaired) electrons. The predicted molar refractivity (Wildman–Crippen MR) is 68.9 cm³/mol. The highest BCUT2D eigenvalue weighted by atomic mass is 16.2. The molecular formula is C13H25N3O. The minimum absolute atomic E-state index is 0.200. The summed E-state index contributed by atoms with van der Waals surface area (Å²) in [5.41, 5.74) is 0. The second-order valence-electron chi connectivity index (χ2n) is 5.43. The van der Waals surface area contributed by atoms with E-state index in [2.05, 4.69) is 22.5 Å². The molecule has 1 unspecified atom stereocenters. The van der Waals surface area contributed by atoms with E-state index in [9.17, 15) is 4.79 Å². The number of amides is 1. The van der Waals surface area contributed by atoms with Gasteiger partial charge in [-0.25, -0.2) is 0 Å². The highest BCUT2D eigenvalue weighted by molar-refractivity contribution is 5.78. The molecule has 98 valence electrons. The van der Waals surface area contributed by atoms with Gasteiger partial charge in [-0.05, 0) is 25.7 Å². The van der Waals surface area contributed by atoms with Gasteiger partial charge >= 0.3 is 0 Å². The van der Waals surface area contributed by atoms with E-state index in [4.69, 9.17) is 0 Å². The Kier molecular flexibility index (Phi) is 4.80. The van der Waals surface area contributed by atoms with Gasteiger partial charge in [-0.1, -0.05) is 12.8 Å². The highest BCUT2D eigenvalue weighted by Gasteiger charge is 2.23. The second-order valence-corrected chi connectivity index (χ2v) is 5.43. The summed E-state index contributed by atoms with van der Waals surface area (Å²) in [5.74, 6) is 0.910. The Hall–Kier alpha value is -0.610. The third-order valence-electron chi connectivity index (χ3n) is 4.07. The van der Waals surface area contributed by atoms with Crippen molar-refractivity contribution in [1.29, 1.82) is 0 Å². The fourth-order valence-electron chi connectivity index (χ4n) is 2.95. The van der Waals surface area contributed by atoms with E-state index >= 15 is 0 Å². The van der Waals surface area contributed by atoms with Gasteiger partial charge in [0.15, 0.2) is 0 Å². The normalized spacial score (nSPS) is 24.8. The summed E-state index contributed by atoms with van der Waals surface area (Å²) in [5, 5.41) is 6.47. The van der Waals surface area contributed by atoms with E-state index in [-0.39, 0.29) is 5.91 Å². The fourth-order valence-corrected chi connectivity index (χ4v) is 2.95. The zero-order valence-corrected chi connectivity index (χ0v) is 10.9. The lowest BCUT2D eigenvalue weighted by Gasteiger charge is -2.28. The maximum absolute atomic E-state index is 11.9. The van der Waals surface area contributed by atoms with Crippen LogP contribution < -0.4 is 10.6 Å². The second kappa shape index (κ2) is 6.36. The third kappa shape index (κ3) is 3.96. The van der Waals surface area contributed by atoms with Gasteiger partial charge in [0.05, 0.1) is 6.54 Å². The van der Waals surface area contributed by atoms with Crippen molar-refractivity contribution in [2.24, 2.45) is 5.92 Å². The molecular weight excluding hydrogens is 214 g/mol. The van der Waals surface area contributed by atoms with E-state index in [0.717, 1.165) is 26.2 Å². The first kappa shape index (κ1) is 12.8. The van der Waals surface area contributed by atoms with Crippen LogP contribution in [0.25, 0.3) is 0 Å². The van der Waals surface area contributed by atoms with Gasteiger partial charge in [0.1, 0.15) is 0 Å². The van der Waals surface area contributed by atoms with E-state index in [1.807, 2.05) is 0 Å². The molecule has 17 heavy (non-hydrogen) atoms. The molecule has 1 atom stereocenters. The molecule has 2 N–H and O–H groups in total. The van der Waals surface area contributed by atoms with Crippen molar-refractivity contribution in [2.45, 2.75) is 38.6 Å². The molecule has 1 heterocycles. The smallest absolute Gasteiger partial charge is 0.234 e. The molecule has 0 spiro atoms. The lowest BCUT2D eigenvalue weighted by molar-refractivity contribution is -0.123. The number of carbonyl (C=O) groups is 1. The van der Waals surface area contributed by atoms with Gasteiger partial charge in [0.2, 0.25) is 5.91 Å². The summed E-state index contributed by atoms with van der Waals surface area (Å²) in [6, 6.07) is 0.355. The van der Waals surface area contributed by atoms with Crippen molar-refractivity contribution in [2.75, 3.05) is 32.7 Å². The predicted octanol–water partition coefficient (Wildman–Crippen LogP) is 0.587. The Balaban J connectivity index is 1.68. The molecule has 0 aromatic carbocycles. The molecule has 4 nitrogen and oxygen atoms in total. The molecule has 1 amide bonds. The summed E-state index contributed by atoms with van der Waals surface area (Å²) >= 11 is 0. The van der Waals surface area contributed by atoms with Crippen LogP contribution in [0, 0.1) is 5.92 Å². The van der Waals surface area contributed by atoms with E-state index < -0.39 is 0 Å². The lowest BCUT2D eigenvalue weighted by atomic mass is 10.00. The van der Waals surface area contributed by atoms with Crippen molar-refractivity contribution in [1.82, 2.24) is 15.5 Å². The van der Waals surface area contributed by atoms with Crippen molar-refractivity contribution in [3.63, 3.8) is 0 Å². The Morgan fingerprint density at radius 1 is 1.35 bits per heavy atom. The van der Waals surface area contributed by atoms with Crippen molar-refractivity contribution in [3.05, 3.63) is 0 Å². The molecule has 4 heteroatoms. The van der Waals surface area contributed by atoms with E-state index in [1.54, 1.807) is 0 Å². The minimum atomic E-state index is 0.200. The Bertz CT molecular complexity index is 245. The molecule has 1 saturated heterocycles. The van der Waals surface area contributed by atoms with Crippen LogP contribution in [0.15, 0.2) is 0 Å². The van der Waals surface area contributed by atoms with Crippen LogP contribution in [0.5, 0.6) is 0 Å². The molecule has 0 bridgehead atoms. The topological polar surface area (TPSA) is 44.4 Å². The van der Waals surface area contributed by atoms with Gasteiger partial charge < -0.3 is 10.6 Å². The molecule has 2 aliphatic rings. The molecule has 1 saturated carbocycles. The highest BCUT2D eigenvalue weighted by Crippen LogP contribution is 2.27. The SMILES string of the molecule is CC(NC(=O)CN1CCNCC1)C1CCCC1. The molecule has 2 rings (SSSR count). The zero-order valence-electron chi connectivity index (χ0n) is 10.9. The average Bonchev–Trinajstić information content (AvgIpc) is 2.83. The summed E-state index contributed by atoms with van der Waals surface area (Å²) in [4.78, 5) is 14.1. The largest absolute Gasteiger partial charge is 0.352 e. The van der Waals surface area contributed by atoms with Gasteiger partial charge in [-0.2, -0.15) is 0 Å². The van der Waals surface area contributed by atoms with E-state index in [1.165, 1.54) is 25.7 Å². The Morgan fingerprint density at radius 3 is 2.65 bits per heavy atom. The monoisotopic (exact) mass is 239 g/mol. The quantitative estimate of drug-likeness (QED) is 0.754. The minimum Gasteiger partial charge on any atom is -0.352 e. The van der Waals surface area contributed by atoms with Crippen molar-refractivity contribution in [3.8, 4) is 0 Å². The van der Waals surface area contributed by atoms with Gasteiger partial charge in [0.25, 0.3) is 0 Å². The number of hydrogen-bond donors (Lipinski definition) is 2. The number of nitrogens with one attached hydrogen (secondary N) is 2. The first-order valence-corrected chi connectivity index (χ1v) is 6.98. The van der Waals surface area contributed by atoms with Crippen LogP contribution in [-0.4, -0.2) is 49.6 Å². The molecule has 2 fully saturated rings. The number of nitrogens with zero attached hydrogens (tertiary/aromatic N) is 1. The van der Waals surface area contributed by atoms with Gasteiger partial charge in [-0.3, -0.25) is 9.69 Å². The van der Waals surface area contributed by atoms with Crippen LogP contribution in [0.1, 0.15) is 32.6 Å². The number of carbonyl (C=O) groups excluding carboxylic acids is 1. The third-order valence-corrected chi connectivity index (χ3v) is 4.07. The van der Waals surface area contributed by atoms with Crippen LogP contribution >= 0.6 is 0 Å². The number of piperazine rings is 1. The van der Waals surface area contributed by atoms with E-state index in [0.29, 0.717) is 18.5 Å². The van der Waals surface area contributed by atoms with Crippen LogP contribution in [0.3, 0.4) is 0 Å². The summed E-state index contributed by atoms with van der Waals surface area (Å²) in [6.45, 7) is 6.72. The Labute approximate surface area is 104 Å². The summed E-state index contributed by atoms with van der Waals surface area (Å²) in [7, 11) is 0. The van der Waals surface area contributed by atoms with Gasteiger partial charge in [0, 0.05) is 32.2 Å². The number of hydrogen-bond acceptors (Lipinski definition) is 3. The maximum Gasteiger partial charge on any atom is 0.234 e. The lowest BCUT2D eigenvalue weighted by Crippen LogP contribution is -2.49. The van der Waals surface area contributed by atoms with Crippen LogP contribution in [0.4, 0.5) is 0 Å². The van der Waals surface area contributed by atoms with Crippen LogP contribution in [-0.2, 0) is 4.79 Å². The average molecular weight is 239 g/mol. The standard InChI is InChI=1S/C13H25N3O/c1-11(12-4-2-3-5-12)15-13(17)10-16-8-6-14-7-9-16/h11-12,14H,2-10H2,1H3,(H,15,17). The Morgan fingerprint density at radius 2 is 2.00 bits per heavy atom. The summed E-state index contributed by atoms with van der Waals surface area (Å²) < 4.78 is 0. The first-order chi connectivity index (χ1) is 8.25. The molecule has 1 aliphatic heterocycles. The van der Waals surface area contributed by atoms with Crippen molar-refractivity contribution >= 4 is 5.91 Å². The number of rotatable bonds is 4. The summed E-state index contributed by atoms with van der Waals surface area (Å²) in [6.07, 6.45) is 5.25. The zero-order chi connectivity index (χ0) is 12.1. The maximum atomic E-state index is 11.9. The van der Waals surface area contributed by atoms with Crippen LogP contribution in [0.2, 0.25) is 0 Å². The van der Waals surface area contributed by atoms with Gasteiger partial charge in [-0.15, -0.1) is 0 Å². The molecule has 0 aromatic rings. The fraction of sp³-hybridized carbons (Fsp3) is 0.923. The van der Waals surface area contributed by atoms with Crippen molar-refractivity contribution < 1.29 is 4.79 Å². The first-order valence-electron chi connectivity index (χ1n) is 6.98.